The molecule has 1 aromatic carbocycles. The molecule has 2 saturated carbocycles. The average molecular weight is 271 g/mol. The summed E-state index contributed by atoms with van der Waals surface area (Å²) in [6.45, 7) is 3.15. The van der Waals surface area contributed by atoms with Gasteiger partial charge in [0.05, 0.1) is 11.0 Å². The van der Waals surface area contributed by atoms with Gasteiger partial charge in [-0.2, -0.15) is 0 Å². The van der Waals surface area contributed by atoms with Crippen molar-refractivity contribution in [2.24, 2.45) is 17.8 Å². The van der Waals surface area contributed by atoms with Gasteiger partial charge in [0.15, 0.2) is 0 Å². The van der Waals surface area contributed by atoms with E-state index in [4.69, 9.17) is 0 Å². The van der Waals surface area contributed by atoms with Crippen LogP contribution in [0.15, 0.2) is 23.0 Å². The van der Waals surface area contributed by atoms with E-state index in [1.165, 1.54) is 24.8 Å². The highest BCUT2D eigenvalue weighted by Gasteiger charge is 2.47. The Morgan fingerprint density at radius 2 is 1.95 bits per heavy atom. The van der Waals surface area contributed by atoms with Crippen molar-refractivity contribution < 1.29 is 0 Å². The van der Waals surface area contributed by atoms with Crippen LogP contribution in [0.4, 0.5) is 0 Å². The number of H-pyrrole nitrogens is 2. The molecular formula is C16H21N3O. The summed E-state index contributed by atoms with van der Waals surface area (Å²) in [5.74, 6) is 2.75. The summed E-state index contributed by atoms with van der Waals surface area (Å²) >= 11 is 0. The van der Waals surface area contributed by atoms with E-state index in [-0.39, 0.29) is 5.69 Å². The van der Waals surface area contributed by atoms with E-state index in [1.807, 2.05) is 6.07 Å². The van der Waals surface area contributed by atoms with Gasteiger partial charge in [-0.25, -0.2) is 4.79 Å². The predicted octanol–water partition coefficient (Wildman–Crippen LogP) is 2.55. The Balaban J connectivity index is 1.67. The Morgan fingerprint density at radius 3 is 2.70 bits per heavy atom. The number of hydrogen-bond donors (Lipinski definition) is 3. The van der Waals surface area contributed by atoms with E-state index in [2.05, 4.69) is 34.3 Å². The normalized spacial score (nSPS) is 29.6. The van der Waals surface area contributed by atoms with E-state index < -0.39 is 0 Å². The molecular weight excluding hydrogens is 250 g/mol. The molecule has 4 rings (SSSR count). The Morgan fingerprint density at radius 1 is 1.20 bits per heavy atom. The monoisotopic (exact) mass is 271 g/mol. The lowest BCUT2D eigenvalue weighted by molar-refractivity contribution is 0.347. The number of benzene rings is 1. The molecule has 106 valence electrons. The van der Waals surface area contributed by atoms with Crippen LogP contribution in [0.2, 0.25) is 0 Å². The summed E-state index contributed by atoms with van der Waals surface area (Å²) < 4.78 is 0. The van der Waals surface area contributed by atoms with Gasteiger partial charge in [0.25, 0.3) is 0 Å². The first-order chi connectivity index (χ1) is 9.74. The first-order valence-corrected chi connectivity index (χ1v) is 7.70. The van der Waals surface area contributed by atoms with Gasteiger partial charge >= 0.3 is 5.69 Å². The molecule has 2 aliphatic rings. The van der Waals surface area contributed by atoms with Crippen LogP contribution in [0.5, 0.6) is 0 Å². The lowest BCUT2D eigenvalue weighted by atomic mass is 9.89. The third kappa shape index (κ3) is 1.99. The molecule has 0 spiro atoms. The Hall–Kier alpha value is -1.55. The van der Waals surface area contributed by atoms with Crippen molar-refractivity contribution in [1.82, 2.24) is 15.3 Å². The van der Waals surface area contributed by atoms with Crippen LogP contribution in [0.1, 0.15) is 37.8 Å². The molecule has 0 saturated heterocycles. The maximum absolute atomic E-state index is 11.4. The number of rotatable bonds is 4. The number of hydrogen-bond acceptors (Lipinski definition) is 2. The maximum Gasteiger partial charge on any atom is 0.323 e. The van der Waals surface area contributed by atoms with Gasteiger partial charge in [0.2, 0.25) is 0 Å². The van der Waals surface area contributed by atoms with E-state index in [0.29, 0.717) is 6.04 Å². The van der Waals surface area contributed by atoms with Crippen LogP contribution in [-0.4, -0.2) is 16.5 Å². The zero-order valence-corrected chi connectivity index (χ0v) is 11.8. The minimum absolute atomic E-state index is 0.126. The Bertz CT molecular complexity index is 676. The van der Waals surface area contributed by atoms with Crippen LogP contribution in [0.3, 0.4) is 0 Å². The molecule has 0 bridgehead atoms. The summed E-state index contributed by atoms with van der Waals surface area (Å²) in [6, 6.07) is 6.73. The Labute approximate surface area is 118 Å². The molecule has 3 atom stereocenters. The summed E-state index contributed by atoms with van der Waals surface area (Å²) in [6.07, 6.45) is 4.19. The summed E-state index contributed by atoms with van der Waals surface area (Å²) in [5.41, 5.74) is 2.99. The van der Waals surface area contributed by atoms with Gasteiger partial charge in [0, 0.05) is 6.04 Å². The number of nitrogens with one attached hydrogen (secondary N) is 3. The number of imidazole rings is 1. The fourth-order valence-corrected chi connectivity index (χ4v) is 4.05. The smallest absolute Gasteiger partial charge is 0.310 e. The van der Waals surface area contributed by atoms with Crippen LogP contribution in [0, 0.1) is 17.8 Å². The zero-order valence-electron chi connectivity index (χ0n) is 11.8. The third-order valence-corrected chi connectivity index (χ3v) is 5.07. The second-order valence-electron chi connectivity index (χ2n) is 6.41. The highest BCUT2D eigenvalue weighted by molar-refractivity contribution is 5.75. The molecule has 0 radical (unpaired) electrons. The molecule has 0 aliphatic heterocycles. The molecule has 4 heteroatoms. The standard InChI is InChI=1S/C16H21N3O/c1-2-17-15(12-6-10-5-11(10)7-12)9-3-4-13-14(8-9)19-16(20)18-13/h3-4,8,10-12,15,17H,2,5-7H2,1H3,(H2,18,19,20). The van der Waals surface area contributed by atoms with Gasteiger partial charge in [0.1, 0.15) is 0 Å². The fourth-order valence-electron chi connectivity index (χ4n) is 4.05. The predicted molar refractivity (Wildman–Crippen MR) is 79.7 cm³/mol. The van der Waals surface area contributed by atoms with Crippen molar-refractivity contribution in [3.63, 3.8) is 0 Å². The zero-order chi connectivity index (χ0) is 13.7. The van der Waals surface area contributed by atoms with Gasteiger partial charge in [-0.1, -0.05) is 13.0 Å². The van der Waals surface area contributed by atoms with Crippen molar-refractivity contribution >= 4 is 11.0 Å². The topological polar surface area (TPSA) is 60.7 Å². The van der Waals surface area contributed by atoms with Gasteiger partial charge < -0.3 is 15.3 Å². The number of aromatic nitrogens is 2. The largest absolute Gasteiger partial charge is 0.323 e. The number of aromatic amines is 2. The molecule has 4 nitrogen and oxygen atoms in total. The van der Waals surface area contributed by atoms with Crippen LogP contribution in [0.25, 0.3) is 11.0 Å². The quantitative estimate of drug-likeness (QED) is 0.800. The second-order valence-corrected chi connectivity index (χ2v) is 6.41. The van der Waals surface area contributed by atoms with Crippen molar-refractivity contribution in [1.29, 1.82) is 0 Å². The van der Waals surface area contributed by atoms with E-state index in [9.17, 15) is 4.79 Å². The highest BCUT2D eigenvalue weighted by Crippen LogP contribution is 2.57. The maximum atomic E-state index is 11.4. The molecule has 1 aromatic heterocycles. The molecule has 2 fully saturated rings. The van der Waals surface area contributed by atoms with Crippen LogP contribution in [-0.2, 0) is 0 Å². The lowest BCUT2D eigenvalue weighted by Gasteiger charge is -2.26. The van der Waals surface area contributed by atoms with E-state index in [0.717, 1.165) is 35.3 Å². The Kier molecular flexibility index (Phi) is 2.74. The molecule has 1 heterocycles. The molecule has 2 aliphatic carbocycles. The summed E-state index contributed by atoms with van der Waals surface area (Å²) in [7, 11) is 0. The van der Waals surface area contributed by atoms with Crippen molar-refractivity contribution in [2.45, 2.75) is 32.2 Å². The summed E-state index contributed by atoms with van der Waals surface area (Å²) in [5, 5.41) is 3.65. The minimum atomic E-state index is -0.126. The highest BCUT2D eigenvalue weighted by atomic mass is 16.1. The van der Waals surface area contributed by atoms with E-state index >= 15 is 0 Å². The minimum Gasteiger partial charge on any atom is -0.310 e. The third-order valence-electron chi connectivity index (χ3n) is 5.07. The molecule has 0 amide bonds. The van der Waals surface area contributed by atoms with Crippen LogP contribution >= 0.6 is 0 Å². The lowest BCUT2D eigenvalue weighted by Crippen LogP contribution is -2.27. The molecule has 3 unspecified atom stereocenters. The van der Waals surface area contributed by atoms with Gasteiger partial charge in [-0.15, -0.1) is 0 Å². The number of fused-ring (bicyclic) bond motifs is 2. The molecule has 2 aromatic rings. The summed E-state index contributed by atoms with van der Waals surface area (Å²) in [4.78, 5) is 17.0. The first-order valence-electron chi connectivity index (χ1n) is 7.70. The van der Waals surface area contributed by atoms with Crippen molar-refractivity contribution in [3.05, 3.63) is 34.2 Å². The van der Waals surface area contributed by atoms with Gasteiger partial charge in [-0.05, 0) is 61.3 Å². The SMILES string of the molecule is CCNC(c1ccc2[nH]c(=O)[nH]c2c1)C1CC2CC2C1. The first kappa shape index (κ1) is 12.2. The fraction of sp³-hybridized carbons (Fsp3) is 0.562. The molecule has 3 N–H and O–H groups in total. The van der Waals surface area contributed by atoms with Gasteiger partial charge in [-0.3, -0.25) is 0 Å². The average Bonchev–Trinajstić information content (AvgIpc) is 2.88. The second kappa shape index (κ2) is 4.48. The van der Waals surface area contributed by atoms with Crippen molar-refractivity contribution in [2.75, 3.05) is 6.54 Å². The molecule has 20 heavy (non-hydrogen) atoms. The van der Waals surface area contributed by atoms with Crippen molar-refractivity contribution in [3.8, 4) is 0 Å². The van der Waals surface area contributed by atoms with E-state index in [1.54, 1.807) is 0 Å². The van der Waals surface area contributed by atoms with Crippen LogP contribution < -0.4 is 11.0 Å².